The molecular weight excluding hydrogens is 326 g/mol. The molecule has 4 heteroatoms. The zero-order valence-corrected chi connectivity index (χ0v) is 14.8. The van der Waals surface area contributed by atoms with Gasteiger partial charge in [-0.1, -0.05) is 30.4 Å². The molecule has 1 saturated heterocycles. The lowest BCUT2D eigenvalue weighted by molar-refractivity contribution is -0.0592. The van der Waals surface area contributed by atoms with Gasteiger partial charge in [-0.15, -0.1) is 0 Å². The average Bonchev–Trinajstić information content (AvgIpc) is 3.01. The van der Waals surface area contributed by atoms with E-state index in [1.165, 1.54) is 30.4 Å². The van der Waals surface area contributed by atoms with Gasteiger partial charge in [-0.2, -0.15) is 0 Å². The number of nitrogens with zero attached hydrogens (tertiary/aromatic N) is 1. The minimum absolute atomic E-state index is 0.185. The van der Waals surface area contributed by atoms with Gasteiger partial charge in [0.15, 0.2) is 11.5 Å². The quantitative estimate of drug-likeness (QED) is 0.764. The Balaban J connectivity index is 1.53. The number of rotatable bonds is 1. The first kappa shape index (κ1) is 15.3. The zero-order valence-electron chi connectivity index (χ0n) is 14.8. The molecule has 1 fully saturated rings. The number of hydrogen-bond donors (Lipinski definition) is 2. The number of aliphatic hydroxyl groups is 1. The molecule has 0 saturated carbocycles. The maximum absolute atomic E-state index is 10.7. The molecule has 4 nitrogen and oxygen atoms in total. The van der Waals surface area contributed by atoms with Crippen LogP contribution in [0, 0.1) is 5.92 Å². The van der Waals surface area contributed by atoms with Crippen LogP contribution in [0.3, 0.4) is 0 Å². The van der Waals surface area contributed by atoms with Gasteiger partial charge in [0.05, 0.1) is 0 Å². The summed E-state index contributed by atoms with van der Waals surface area (Å²) in [7, 11) is 0. The SMILES string of the molecule is Oc1ccc2c3c1O[C@H]1[C@@H](O)C=C[C@H]4[C@@H](C2)N(C2C=CCCC2)CC[C@@]341. The molecule has 6 atom stereocenters. The van der Waals surface area contributed by atoms with Gasteiger partial charge in [0.2, 0.25) is 0 Å². The van der Waals surface area contributed by atoms with Gasteiger partial charge < -0.3 is 14.9 Å². The van der Waals surface area contributed by atoms with Crippen molar-refractivity contribution in [2.24, 2.45) is 5.92 Å². The van der Waals surface area contributed by atoms with Gasteiger partial charge in [-0.3, -0.25) is 4.90 Å². The van der Waals surface area contributed by atoms with E-state index >= 15 is 0 Å². The van der Waals surface area contributed by atoms with Crippen molar-refractivity contribution >= 4 is 0 Å². The lowest BCUT2D eigenvalue weighted by Crippen LogP contribution is -2.66. The topological polar surface area (TPSA) is 52.9 Å². The summed E-state index contributed by atoms with van der Waals surface area (Å²) in [6.45, 7) is 1.03. The number of hydrogen-bond acceptors (Lipinski definition) is 4. The number of piperidine rings is 1. The smallest absolute Gasteiger partial charge is 0.165 e. The van der Waals surface area contributed by atoms with E-state index in [2.05, 4.69) is 29.2 Å². The fourth-order valence-corrected chi connectivity index (χ4v) is 6.57. The lowest BCUT2D eigenvalue weighted by Gasteiger charge is -2.58. The summed E-state index contributed by atoms with van der Waals surface area (Å²) in [6.07, 6.45) is 13.7. The first-order valence-corrected chi connectivity index (χ1v) is 10.0. The number of phenolic OH excluding ortho intramolecular Hbond substituents is 1. The highest BCUT2D eigenvalue weighted by molar-refractivity contribution is 5.61. The maximum atomic E-state index is 10.7. The van der Waals surface area contributed by atoms with Gasteiger partial charge in [0.1, 0.15) is 12.2 Å². The highest BCUT2D eigenvalue weighted by Crippen LogP contribution is 2.62. The molecule has 0 aromatic heterocycles. The molecule has 2 heterocycles. The predicted octanol–water partition coefficient (Wildman–Crippen LogP) is 2.68. The van der Waals surface area contributed by atoms with Crippen molar-refractivity contribution in [3.05, 3.63) is 47.6 Å². The van der Waals surface area contributed by atoms with Crippen LogP contribution < -0.4 is 4.74 Å². The standard InChI is InChI=1S/C22H25NO3/c24-17-8-6-13-12-16-15-7-9-18(25)21-22(15,19(13)20(17)26-21)10-11-23(16)14-4-2-1-3-5-14/h2,4,6-9,14-16,18,21,24-25H,1,3,5,10-12H2/t14?,15-,16+,18-,21-,22-/m0/s1. The van der Waals surface area contributed by atoms with Crippen LogP contribution in [0.5, 0.6) is 11.5 Å². The Bertz CT molecular complexity index is 831. The van der Waals surface area contributed by atoms with Crippen molar-refractivity contribution in [3.63, 3.8) is 0 Å². The van der Waals surface area contributed by atoms with Crippen LogP contribution >= 0.6 is 0 Å². The van der Waals surface area contributed by atoms with Crippen LogP contribution in [-0.4, -0.2) is 45.9 Å². The van der Waals surface area contributed by atoms with E-state index < -0.39 is 6.10 Å². The minimum atomic E-state index is -0.606. The van der Waals surface area contributed by atoms with Crippen LogP contribution in [0.25, 0.3) is 0 Å². The predicted molar refractivity (Wildman–Crippen MR) is 98.4 cm³/mol. The summed E-state index contributed by atoms with van der Waals surface area (Å²) in [6, 6.07) is 4.82. The molecule has 0 amide bonds. The van der Waals surface area contributed by atoms with Crippen molar-refractivity contribution in [2.75, 3.05) is 6.54 Å². The van der Waals surface area contributed by atoms with E-state index in [4.69, 9.17) is 4.74 Å². The summed E-state index contributed by atoms with van der Waals surface area (Å²) in [4.78, 5) is 2.71. The number of phenols is 1. The number of allylic oxidation sites excluding steroid dienone is 1. The summed E-state index contributed by atoms with van der Waals surface area (Å²) in [5.41, 5.74) is 2.30. The Morgan fingerprint density at radius 1 is 1.19 bits per heavy atom. The highest BCUT2D eigenvalue weighted by Gasteiger charge is 2.64. The molecule has 0 radical (unpaired) electrons. The van der Waals surface area contributed by atoms with Gasteiger partial charge in [-0.25, -0.2) is 0 Å². The molecule has 6 rings (SSSR count). The van der Waals surface area contributed by atoms with Gasteiger partial charge in [-0.05, 0) is 43.7 Å². The summed E-state index contributed by atoms with van der Waals surface area (Å²) >= 11 is 0. The molecule has 5 aliphatic rings. The maximum Gasteiger partial charge on any atom is 0.165 e. The van der Waals surface area contributed by atoms with Crippen molar-refractivity contribution < 1.29 is 14.9 Å². The molecule has 136 valence electrons. The molecule has 2 N–H and O–H groups in total. The Kier molecular flexibility index (Phi) is 3.02. The number of aromatic hydroxyl groups is 1. The Morgan fingerprint density at radius 3 is 2.96 bits per heavy atom. The van der Waals surface area contributed by atoms with E-state index in [1.54, 1.807) is 6.07 Å². The summed E-state index contributed by atoms with van der Waals surface area (Å²) in [5.74, 6) is 1.19. The molecular formula is C22H25NO3. The van der Waals surface area contributed by atoms with E-state index in [-0.39, 0.29) is 17.3 Å². The Hall–Kier alpha value is -1.78. The fourth-order valence-electron chi connectivity index (χ4n) is 6.57. The molecule has 1 aromatic rings. The Morgan fingerprint density at radius 2 is 2.12 bits per heavy atom. The largest absolute Gasteiger partial charge is 0.504 e. The lowest BCUT2D eigenvalue weighted by atomic mass is 9.53. The van der Waals surface area contributed by atoms with E-state index in [9.17, 15) is 10.2 Å². The summed E-state index contributed by atoms with van der Waals surface area (Å²) in [5, 5.41) is 21.1. The second kappa shape index (κ2) is 5.14. The Labute approximate surface area is 153 Å². The first-order chi connectivity index (χ1) is 12.7. The van der Waals surface area contributed by atoms with E-state index in [0.29, 0.717) is 23.8 Å². The highest BCUT2D eigenvalue weighted by atomic mass is 16.5. The molecule has 1 spiro atoms. The summed E-state index contributed by atoms with van der Waals surface area (Å²) < 4.78 is 6.22. The third-order valence-corrected chi connectivity index (χ3v) is 7.57. The van der Waals surface area contributed by atoms with Crippen molar-refractivity contribution in [3.8, 4) is 11.5 Å². The van der Waals surface area contributed by atoms with Crippen molar-refractivity contribution in [1.82, 2.24) is 4.90 Å². The van der Waals surface area contributed by atoms with E-state index in [1.807, 2.05) is 6.08 Å². The van der Waals surface area contributed by atoms with Crippen LogP contribution in [0.2, 0.25) is 0 Å². The molecule has 26 heavy (non-hydrogen) atoms. The van der Waals surface area contributed by atoms with Crippen LogP contribution in [0.4, 0.5) is 0 Å². The number of ether oxygens (including phenoxy) is 1. The van der Waals surface area contributed by atoms with Crippen LogP contribution in [0.15, 0.2) is 36.4 Å². The number of likely N-dealkylation sites (tertiary alicyclic amines) is 1. The van der Waals surface area contributed by atoms with Crippen molar-refractivity contribution in [1.29, 1.82) is 0 Å². The third-order valence-electron chi connectivity index (χ3n) is 7.57. The first-order valence-electron chi connectivity index (χ1n) is 10.0. The number of benzene rings is 1. The van der Waals surface area contributed by atoms with Crippen LogP contribution in [-0.2, 0) is 11.8 Å². The second-order valence-electron chi connectivity index (χ2n) is 8.61. The van der Waals surface area contributed by atoms with Crippen molar-refractivity contribution in [2.45, 2.75) is 61.8 Å². The number of aliphatic hydroxyl groups excluding tert-OH is 1. The van der Waals surface area contributed by atoms with Crippen LogP contribution in [0.1, 0.15) is 36.8 Å². The monoisotopic (exact) mass is 351 g/mol. The van der Waals surface area contributed by atoms with Gasteiger partial charge in [0.25, 0.3) is 0 Å². The van der Waals surface area contributed by atoms with Gasteiger partial charge in [0, 0.05) is 35.5 Å². The second-order valence-corrected chi connectivity index (χ2v) is 8.61. The molecule has 1 aromatic carbocycles. The molecule has 1 unspecified atom stereocenters. The normalized spacial score (nSPS) is 42.4. The fraction of sp³-hybridized carbons (Fsp3) is 0.545. The van der Waals surface area contributed by atoms with E-state index in [0.717, 1.165) is 19.4 Å². The molecule has 2 aliphatic heterocycles. The average molecular weight is 351 g/mol. The zero-order chi connectivity index (χ0) is 17.5. The third kappa shape index (κ3) is 1.72. The van der Waals surface area contributed by atoms with Gasteiger partial charge >= 0.3 is 0 Å². The minimum Gasteiger partial charge on any atom is -0.504 e. The molecule has 2 bridgehead atoms. The molecule has 3 aliphatic carbocycles.